The van der Waals surface area contributed by atoms with Gasteiger partial charge in [-0.05, 0) is 48.8 Å². The minimum absolute atomic E-state index is 0.304. The zero-order chi connectivity index (χ0) is 20.1. The second kappa shape index (κ2) is 9.44. The molecule has 0 bridgehead atoms. The third-order valence-electron chi connectivity index (χ3n) is 5.55. The highest BCUT2D eigenvalue weighted by atomic mass is 35.5. The minimum Gasteiger partial charge on any atom is -0.378 e. The van der Waals surface area contributed by atoms with Crippen LogP contribution in [0.2, 0.25) is 5.02 Å². The Balaban J connectivity index is 1.64. The lowest BCUT2D eigenvalue weighted by Gasteiger charge is -2.30. The number of benzene rings is 2. The molecule has 0 radical (unpaired) electrons. The van der Waals surface area contributed by atoms with E-state index in [4.69, 9.17) is 16.3 Å². The van der Waals surface area contributed by atoms with Gasteiger partial charge in [0.05, 0.1) is 30.1 Å². The van der Waals surface area contributed by atoms with Gasteiger partial charge in [0.1, 0.15) is 0 Å². The molecule has 5 nitrogen and oxygen atoms in total. The van der Waals surface area contributed by atoms with Gasteiger partial charge < -0.3 is 15.0 Å². The molecular weight excluding hydrogens is 384 g/mol. The van der Waals surface area contributed by atoms with Crippen molar-refractivity contribution in [3.63, 3.8) is 0 Å². The van der Waals surface area contributed by atoms with Crippen LogP contribution in [-0.2, 0) is 4.74 Å². The molecule has 1 atom stereocenters. The van der Waals surface area contributed by atoms with E-state index in [-0.39, 0.29) is 0 Å². The first kappa shape index (κ1) is 20.0. The van der Waals surface area contributed by atoms with Crippen molar-refractivity contribution < 1.29 is 4.74 Å². The Morgan fingerprint density at radius 3 is 2.55 bits per heavy atom. The summed E-state index contributed by atoms with van der Waals surface area (Å²) in [6.45, 7) is 4.20. The number of morpholine rings is 1. The molecule has 0 saturated carbocycles. The number of anilines is 1. The molecular formula is C23H27ClN4O. The molecule has 1 aliphatic rings. The highest BCUT2D eigenvalue weighted by Gasteiger charge is 2.19. The van der Waals surface area contributed by atoms with Crippen LogP contribution in [-0.4, -0.2) is 50.1 Å². The molecule has 1 saturated heterocycles. The zero-order valence-electron chi connectivity index (χ0n) is 16.7. The molecule has 1 aromatic heterocycles. The number of nitrogens with one attached hydrogen (secondary N) is 2. The Kier molecular flexibility index (Phi) is 6.49. The van der Waals surface area contributed by atoms with Crippen molar-refractivity contribution in [3.05, 3.63) is 71.0 Å². The van der Waals surface area contributed by atoms with Gasteiger partial charge in [0.15, 0.2) is 0 Å². The molecule has 152 valence electrons. The average molecular weight is 411 g/mol. The molecule has 0 aliphatic carbocycles. The number of H-pyrrole nitrogens is 1. The van der Waals surface area contributed by atoms with Crippen molar-refractivity contribution in [1.29, 1.82) is 0 Å². The lowest BCUT2D eigenvalue weighted by atomic mass is 9.87. The maximum absolute atomic E-state index is 6.56. The van der Waals surface area contributed by atoms with Crippen LogP contribution in [0, 0.1) is 0 Å². The van der Waals surface area contributed by atoms with E-state index < -0.39 is 0 Å². The maximum Gasteiger partial charge on any atom is 0.0642 e. The van der Waals surface area contributed by atoms with E-state index in [1.165, 1.54) is 16.7 Å². The maximum atomic E-state index is 6.56. The highest BCUT2D eigenvalue weighted by molar-refractivity contribution is 6.33. The Bertz CT molecular complexity index is 905. The molecule has 1 aliphatic heterocycles. The SMILES string of the molecule is CNCCC(c1ccc(-c2cn[nH]c2)cc1)c1ccc(Cl)c(N2CCOCC2)c1. The molecule has 2 N–H and O–H groups in total. The summed E-state index contributed by atoms with van der Waals surface area (Å²) in [5.41, 5.74) is 5.98. The van der Waals surface area contributed by atoms with Crippen molar-refractivity contribution in [2.75, 3.05) is 44.8 Å². The van der Waals surface area contributed by atoms with Gasteiger partial charge in [0, 0.05) is 30.8 Å². The van der Waals surface area contributed by atoms with Crippen LogP contribution in [0.5, 0.6) is 0 Å². The molecule has 2 aromatic carbocycles. The molecule has 1 fully saturated rings. The smallest absolute Gasteiger partial charge is 0.0642 e. The number of halogens is 1. The summed E-state index contributed by atoms with van der Waals surface area (Å²) in [5, 5.41) is 11.0. The molecule has 29 heavy (non-hydrogen) atoms. The van der Waals surface area contributed by atoms with Gasteiger partial charge in [-0.2, -0.15) is 5.10 Å². The predicted octanol–water partition coefficient (Wildman–Crippen LogP) is 4.31. The van der Waals surface area contributed by atoms with Crippen LogP contribution in [0.4, 0.5) is 5.69 Å². The fourth-order valence-electron chi connectivity index (χ4n) is 3.92. The third-order valence-corrected chi connectivity index (χ3v) is 5.87. The van der Waals surface area contributed by atoms with Crippen molar-refractivity contribution in [1.82, 2.24) is 15.5 Å². The van der Waals surface area contributed by atoms with Crippen molar-refractivity contribution in [3.8, 4) is 11.1 Å². The molecule has 1 unspecified atom stereocenters. The molecule has 4 rings (SSSR count). The van der Waals surface area contributed by atoms with Crippen LogP contribution < -0.4 is 10.2 Å². The number of rotatable bonds is 7. The van der Waals surface area contributed by atoms with Crippen molar-refractivity contribution >= 4 is 17.3 Å². The Hall–Kier alpha value is -2.34. The predicted molar refractivity (Wildman–Crippen MR) is 119 cm³/mol. The number of hydrogen-bond donors (Lipinski definition) is 2. The van der Waals surface area contributed by atoms with Crippen LogP contribution in [0.3, 0.4) is 0 Å². The Morgan fingerprint density at radius 2 is 1.86 bits per heavy atom. The lowest BCUT2D eigenvalue weighted by Crippen LogP contribution is -2.36. The number of hydrogen-bond acceptors (Lipinski definition) is 4. The quantitative estimate of drug-likeness (QED) is 0.609. The van der Waals surface area contributed by atoms with Crippen molar-refractivity contribution in [2.45, 2.75) is 12.3 Å². The van der Waals surface area contributed by atoms with Gasteiger partial charge in [0.25, 0.3) is 0 Å². The van der Waals surface area contributed by atoms with E-state index in [0.717, 1.165) is 55.5 Å². The molecule has 0 amide bonds. The lowest BCUT2D eigenvalue weighted by molar-refractivity contribution is 0.122. The van der Waals surface area contributed by atoms with Crippen LogP contribution in [0.25, 0.3) is 11.1 Å². The number of aromatic nitrogens is 2. The van der Waals surface area contributed by atoms with E-state index >= 15 is 0 Å². The fourth-order valence-corrected chi connectivity index (χ4v) is 4.16. The summed E-state index contributed by atoms with van der Waals surface area (Å²) >= 11 is 6.56. The standard InChI is InChI=1S/C23H27ClN4O/c1-25-9-8-21(18-4-2-17(3-5-18)20-15-26-27-16-20)19-6-7-22(24)23(14-19)28-10-12-29-13-11-28/h2-7,14-16,21,25H,8-13H2,1H3,(H,26,27). The van der Waals surface area contributed by atoms with E-state index in [1.54, 1.807) is 0 Å². The van der Waals surface area contributed by atoms with Gasteiger partial charge in [-0.15, -0.1) is 0 Å². The average Bonchev–Trinajstić information content (AvgIpc) is 3.31. The van der Waals surface area contributed by atoms with E-state index in [9.17, 15) is 0 Å². The summed E-state index contributed by atoms with van der Waals surface area (Å²) in [7, 11) is 2.00. The summed E-state index contributed by atoms with van der Waals surface area (Å²) < 4.78 is 5.50. The van der Waals surface area contributed by atoms with Gasteiger partial charge in [-0.25, -0.2) is 0 Å². The number of aromatic amines is 1. The van der Waals surface area contributed by atoms with Crippen LogP contribution >= 0.6 is 11.6 Å². The van der Waals surface area contributed by atoms with Crippen LogP contribution in [0.1, 0.15) is 23.5 Å². The highest BCUT2D eigenvalue weighted by Crippen LogP contribution is 2.35. The summed E-state index contributed by atoms with van der Waals surface area (Å²) in [4.78, 5) is 2.33. The topological polar surface area (TPSA) is 53.2 Å². The van der Waals surface area contributed by atoms with Crippen LogP contribution in [0.15, 0.2) is 54.9 Å². The molecule has 0 spiro atoms. The van der Waals surface area contributed by atoms with Gasteiger partial charge in [-0.3, -0.25) is 5.10 Å². The first-order valence-corrected chi connectivity index (χ1v) is 10.5. The Morgan fingerprint density at radius 1 is 1.10 bits per heavy atom. The largest absolute Gasteiger partial charge is 0.378 e. The summed E-state index contributed by atoms with van der Waals surface area (Å²) in [5.74, 6) is 0.304. The molecule has 2 heterocycles. The van der Waals surface area contributed by atoms with Gasteiger partial charge in [-0.1, -0.05) is 41.9 Å². The first-order chi connectivity index (χ1) is 14.3. The van der Waals surface area contributed by atoms with Gasteiger partial charge >= 0.3 is 0 Å². The van der Waals surface area contributed by atoms with E-state index in [0.29, 0.717) is 5.92 Å². The Labute approximate surface area is 177 Å². The van der Waals surface area contributed by atoms with Crippen molar-refractivity contribution in [2.24, 2.45) is 0 Å². The summed E-state index contributed by atoms with van der Waals surface area (Å²) in [6.07, 6.45) is 4.79. The minimum atomic E-state index is 0.304. The number of nitrogens with zero attached hydrogens (tertiary/aromatic N) is 2. The molecule has 3 aromatic rings. The third kappa shape index (κ3) is 4.64. The second-order valence-corrected chi connectivity index (χ2v) is 7.77. The normalized spacial score (nSPS) is 15.4. The summed E-state index contributed by atoms with van der Waals surface area (Å²) in [6, 6.07) is 15.3. The molecule has 6 heteroatoms. The number of ether oxygens (including phenoxy) is 1. The van der Waals surface area contributed by atoms with E-state index in [1.807, 2.05) is 25.5 Å². The zero-order valence-corrected chi connectivity index (χ0v) is 17.5. The van der Waals surface area contributed by atoms with E-state index in [2.05, 4.69) is 56.8 Å². The monoisotopic (exact) mass is 410 g/mol. The first-order valence-electron chi connectivity index (χ1n) is 10.1. The fraction of sp³-hybridized carbons (Fsp3) is 0.348. The van der Waals surface area contributed by atoms with Gasteiger partial charge in [0.2, 0.25) is 0 Å². The second-order valence-electron chi connectivity index (χ2n) is 7.36.